The highest BCUT2D eigenvalue weighted by atomic mass is 19.1. The van der Waals surface area contributed by atoms with Crippen molar-refractivity contribution in [2.75, 3.05) is 24.5 Å². The van der Waals surface area contributed by atoms with E-state index in [4.69, 9.17) is 5.73 Å². The van der Waals surface area contributed by atoms with Gasteiger partial charge in [0.05, 0.1) is 24.1 Å². The van der Waals surface area contributed by atoms with Gasteiger partial charge in [-0.25, -0.2) is 13.5 Å². The van der Waals surface area contributed by atoms with Crippen LogP contribution in [0.2, 0.25) is 0 Å². The summed E-state index contributed by atoms with van der Waals surface area (Å²) in [7, 11) is 0. The van der Waals surface area contributed by atoms with E-state index in [1.54, 1.807) is 0 Å². The number of hydrogen-bond acceptors (Lipinski definition) is 5. The van der Waals surface area contributed by atoms with Gasteiger partial charge in [0, 0.05) is 31.8 Å². The second-order valence-corrected chi connectivity index (χ2v) is 4.89. The fourth-order valence-corrected chi connectivity index (χ4v) is 2.33. The number of piperazine rings is 1. The third-order valence-electron chi connectivity index (χ3n) is 3.37. The van der Waals surface area contributed by atoms with Crippen molar-refractivity contribution in [1.82, 2.24) is 20.3 Å². The molecule has 2 heterocycles. The monoisotopic (exact) mass is 308 g/mol. The minimum Gasteiger partial charge on any atom is -0.356 e. The van der Waals surface area contributed by atoms with E-state index >= 15 is 0 Å². The Hall–Kier alpha value is -2.55. The molecule has 3 N–H and O–H groups in total. The summed E-state index contributed by atoms with van der Waals surface area (Å²) >= 11 is 0. The standard InChI is InChI=1S/C13H14F2N6O/c14-10-3-9(21-6-8(5-16)18-19-21)4-11(15)13(10)20-2-1-17-12(22)7-20/h3-4,6H,1-2,5,7,16H2,(H,17,22). The lowest BCUT2D eigenvalue weighted by Crippen LogP contribution is -2.48. The minimum absolute atomic E-state index is 0.0756. The second kappa shape index (κ2) is 5.68. The van der Waals surface area contributed by atoms with E-state index in [9.17, 15) is 13.6 Å². The first-order chi connectivity index (χ1) is 10.6. The van der Waals surface area contributed by atoms with Crippen LogP contribution in [-0.2, 0) is 11.3 Å². The molecule has 1 aliphatic rings. The van der Waals surface area contributed by atoms with Crippen LogP contribution >= 0.6 is 0 Å². The number of carbonyl (C=O) groups excluding carboxylic acids is 1. The van der Waals surface area contributed by atoms with Gasteiger partial charge in [-0.1, -0.05) is 5.21 Å². The van der Waals surface area contributed by atoms with Crippen LogP contribution in [0.4, 0.5) is 14.5 Å². The molecule has 1 amide bonds. The van der Waals surface area contributed by atoms with Crippen molar-refractivity contribution in [3.05, 3.63) is 35.7 Å². The average molecular weight is 308 g/mol. The number of benzene rings is 1. The molecule has 0 unspecified atom stereocenters. The molecule has 0 atom stereocenters. The third-order valence-corrected chi connectivity index (χ3v) is 3.37. The van der Waals surface area contributed by atoms with Crippen LogP contribution in [0.5, 0.6) is 0 Å². The van der Waals surface area contributed by atoms with Crippen molar-refractivity contribution in [3.63, 3.8) is 0 Å². The van der Waals surface area contributed by atoms with Gasteiger partial charge in [-0.15, -0.1) is 5.10 Å². The quantitative estimate of drug-likeness (QED) is 0.829. The highest BCUT2D eigenvalue weighted by Crippen LogP contribution is 2.26. The van der Waals surface area contributed by atoms with Gasteiger partial charge in [0.2, 0.25) is 5.91 Å². The number of aromatic nitrogens is 3. The highest BCUT2D eigenvalue weighted by molar-refractivity contribution is 5.82. The fraction of sp³-hybridized carbons (Fsp3) is 0.308. The largest absolute Gasteiger partial charge is 0.356 e. The summed E-state index contributed by atoms with van der Waals surface area (Å²) in [5.41, 5.74) is 5.93. The number of hydrogen-bond donors (Lipinski definition) is 2. The lowest BCUT2D eigenvalue weighted by atomic mass is 10.2. The summed E-state index contributed by atoms with van der Waals surface area (Å²) in [4.78, 5) is 12.7. The van der Waals surface area contributed by atoms with Gasteiger partial charge in [-0.05, 0) is 0 Å². The molecule has 1 aromatic carbocycles. The molecule has 0 spiro atoms. The predicted octanol–water partition coefficient (Wildman–Crippen LogP) is -0.0596. The summed E-state index contributed by atoms with van der Waals surface area (Å²) in [5.74, 6) is -1.78. The molecule has 2 aromatic rings. The highest BCUT2D eigenvalue weighted by Gasteiger charge is 2.23. The topological polar surface area (TPSA) is 89.1 Å². The van der Waals surface area contributed by atoms with Crippen LogP contribution < -0.4 is 16.0 Å². The van der Waals surface area contributed by atoms with Crippen LogP contribution in [0.1, 0.15) is 5.69 Å². The van der Waals surface area contributed by atoms with Crippen LogP contribution in [0.25, 0.3) is 5.69 Å². The summed E-state index contributed by atoms with van der Waals surface area (Å²) in [5, 5.41) is 10.1. The van der Waals surface area contributed by atoms with Crippen molar-refractivity contribution in [1.29, 1.82) is 0 Å². The van der Waals surface area contributed by atoms with E-state index in [0.29, 0.717) is 18.8 Å². The molecule has 116 valence electrons. The Morgan fingerprint density at radius 2 is 2.05 bits per heavy atom. The Labute approximate surface area is 124 Å². The van der Waals surface area contributed by atoms with Crippen molar-refractivity contribution >= 4 is 11.6 Å². The minimum atomic E-state index is -0.755. The van der Waals surface area contributed by atoms with E-state index in [1.165, 1.54) is 15.8 Å². The smallest absolute Gasteiger partial charge is 0.239 e. The zero-order chi connectivity index (χ0) is 15.7. The Balaban J connectivity index is 1.95. The van der Waals surface area contributed by atoms with Crippen molar-refractivity contribution in [2.24, 2.45) is 5.73 Å². The van der Waals surface area contributed by atoms with Crippen molar-refractivity contribution in [3.8, 4) is 5.69 Å². The predicted molar refractivity (Wildman–Crippen MR) is 74.4 cm³/mol. The number of carbonyl (C=O) groups is 1. The van der Waals surface area contributed by atoms with Gasteiger partial charge in [-0.2, -0.15) is 0 Å². The summed E-state index contributed by atoms with van der Waals surface area (Å²) < 4.78 is 29.8. The summed E-state index contributed by atoms with van der Waals surface area (Å²) in [6, 6.07) is 2.31. The van der Waals surface area contributed by atoms with E-state index in [0.717, 1.165) is 12.1 Å². The van der Waals surface area contributed by atoms with E-state index in [-0.39, 0.29) is 30.4 Å². The Kier molecular flexibility index (Phi) is 3.72. The summed E-state index contributed by atoms with van der Waals surface area (Å²) in [6.07, 6.45) is 1.50. The lowest BCUT2D eigenvalue weighted by molar-refractivity contribution is -0.120. The molecular formula is C13H14F2N6O. The SMILES string of the molecule is NCc1cn(-c2cc(F)c(N3CCNC(=O)C3)c(F)c2)nn1. The fourth-order valence-electron chi connectivity index (χ4n) is 2.33. The molecule has 9 heteroatoms. The van der Waals surface area contributed by atoms with Crippen LogP contribution in [-0.4, -0.2) is 40.5 Å². The maximum absolute atomic E-state index is 14.3. The Bertz CT molecular complexity index is 693. The van der Waals surface area contributed by atoms with Gasteiger partial charge in [0.1, 0.15) is 5.69 Å². The van der Waals surface area contributed by atoms with Gasteiger partial charge >= 0.3 is 0 Å². The first-order valence-electron chi connectivity index (χ1n) is 6.71. The first kappa shape index (κ1) is 14.4. The van der Waals surface area contributed by atoms with Crippen LogP contribution in [0.15, 0.2) is 18.3 Å². The number of nitrogens with zero attached hydrogens (tertiary/aromatic N) is 4. The van der Waals surface area contributed by atoms with Gasteiger partial charge in [0.15, 0.2) is 11.6 Å². The van der Waals surface area contributed by atoms with Gasteiger partial charge in [0.25, 0.3) is 0 Å². The number of anilines is 1. The molecule has 0 aliphatic carbocycles. The van der Waals surface area contributed by atoms with Gasteiger partial charge in [-0.3, -0.25) is 4.79 Å². The summed E-state index contributed by atoms with van der Waals surface area (Å²) in [6.45, 7) is 0.807. The molecule has 0 bridgehead atoms. The molecule has 1 saturated heterocycles. The number of rotatable bonds is 3. The van der Waals surface area contributed by atoms with Crippen molar-refractivity contribution < 1.29 is 13.6 Å². The lowest BCUT2D eigenvalue weighted by Gasteiger charge is -2.29. The molecule has 1 fully saturated rings. The van der Waals surface area contributed by atoms with Crippen LogP contribution in [0, 0.1) is 11.6 Å². The number of nitrogens with one attached hydrogen (secondary N) is 1. The zero-order valence-electron chi connectivity index (χ0n) is 11.6. The zero-order valence-corrected chi connectivity index (χ0v) is 11.6. The number of amides is 1. The average Bonchev–Trinajstić information content (AvgIpc) is 2.95. The molecular weight excluding hydrogens is 294 g/mol. The van der Waals surface area contributed by atoms with Crippen LogP contribution in [0.3, 0.4) is 0 Å². The first-order valence-corrected chi connectivity index (χ1v) is 6.71. The molecule has 0 saturated carbocycles. The van der Waals surface area contributed by atoms with Crippen molar-refractivity contribution in [2.45, 2.75) is 6.54 Å². The number of halogens is 2. The molecule has 0 radical (unpaired) electrons. The number of nitrogens with two attached hydrogens (primary N) is 1. The van der Waals surface area contributed by atoms with E-state index in [1.807, 2.05) is 0 Å². The van der Waals surface area contributed by atoms with E-state index in [2.05, 4.69) is 15.6 Å². The maximum Gasteiger partial charge on any atom is 0.239 e. The third kappa shape index (κ3) is 2.62. The van der Waals surface area contributed by atoms with Gasteiger partial charge < -0.3 is 16.0 Å². The molecule has 3 rings (SSSR count). The molecule has 1 aromatic heterocycles. The Morgan fingerprint density at radius 3 is 2.64 bits per heavy atom. The second-order valence-electron chi connectivity index (χ2n) is 4.89. The van der Waals surface area contributed by atoms with E-state index < -0.39 is 11.6 Å². The normalized spacial score (nSPS) is 15.0. The Morgan fingerprint density at radius 1 is 1.32 bits per heavy atom. The molecule has 7 nitrogen and oxygen atoms in total. The molecule has 1 aliphatic heterocycles. The molecule has 22 heavy (non-hydrogen) atoms. The maximum atomic E-state index is 14.3.